The zero-order chi connectivity index (χ0) is 71.7. The topological polar surface area (TPSA) is 237 Å². The van der Waals surface area contributed by atoms with E-state index in [1.54, 1.807) is 0 Å². The fourth-order valence-electron chi connectivity index (χ4n) is 11.8. The van der Waals surface area contributed by atoms with Crippen molar-refractivity contribution >= 4 is 39.5 Å². The molecular formula is C78H152O17P2. The standard InChI is InChI=1S/C78H152O17P2/c1-9-69(6)55-47-39-31-27-23-18-16-14-12-13-15-17-19-24-28-32-42-50-58-75(80)88-64-74(95-78(83)61-53-45-37-35-41-49-57-71(8)11-3)67-93-97(86,87)91-63-72(79)62-90-96(84,85)92-66-73(65-89-76(81)59-51-43-36-34-40-48-56-70(7)10-2)94-77(82)60-52-44-33-29-25-21-20-22-26-30-38-46-54-68(4)5/h68-74,79H,9-67H2,1-8H3,(H,84,85)(H,86,87)/t69?,70?,71?,72-,73+,74+/m0/s1. The van der Waals surface area contributed by atoms with E-state index in [9.17, 15) is 43.2 Å². The highest BCUT2D eigenvalue weighted by Gasteiger charge is 2.30. The van der Waals surface area contributed by atoms with E-state index in [4.69, 9.17) is 37.0 Å². The number of hydrogen-bond donors (Lipinski definition) is 3. The largest absolute Gasteiger partial charge is 0.472 e. The Morgan fingerprint density at radius 3 is 0.732 bits per heavy atom. The molecule has 0 heterocycles. The van der Waals surface area contributed by atoms with Gasteiger partial charge in [0.15, 0.2) is 12.2 Å². The number of aliphatic hydroxyl groups is 1. The monoisotopic (exact) mass is 1420 g/mol. The first kappa shape index (κ1) is 95.1. The molecule has 0 saturated heterocycles. The molecule has 0 spiro atoms. The van der Waals surface area contributed by atoms with Crippen molar-refractivity contribution < 1.29 is 80.2 Å². The summed E-state index contributed by atoms with van der Waals surface area (Å²) in [6, 6.07) is 0. The lowest BCUT2D eigenvalue weighted by molar-refractivity contribution is -0.161. The molecule has 0 rings (SSSR count). The Hall–Kier alpha value is -1.94. The predicted molar refractivity (Wildman–Crippen MR) is 395 cm³/mol. The summed E-state index contributed by atoms with van der Waals surface area (Å²) >= 11 is 0. The minimum absolute atomic E-state index is 0.103. The van der Waals surface area contributed by atoms with Crippen molar-refractivity contribution in [1.29, 1.82) is 0 Å². The first-order valence-corrected chi connectivity index (χ1v) is 43.3. The molecule has 17 nitrogen and oxygen atoms in total. The van der Waals surface area contributed by atoms with E-state index in [-0.39, 0.29) is 25.7 Å². The van der Waals surface area contributed by atoms with Gasteiger partial charge in [-0.15, -0.1) is 0 Å². The number of unbranched alkanes of at least 4 members (excludes halogenated alkanes) is 38. The van der Waals surface area contributed by atoms with E-state index in [1.807, 2.05) is 0 Å². The van der Waals surface area contributed by atoms with Gasteiger partial charge in [-0.25, -0.2) is 9.13 Å². The molecular weight excluding hydrogens is 1270 g/mol. The molecule has 0 aromatic rings. The fourth-order valence-corrected chi connectivity index (χ4v) is 13.4. The molecule has 3 N–H and O–H groups in total. The molecule has 0 aromatic carbocycles. The summed E-state index contributed by atoms with van der Waals surface area (Å²) in [7, 11) is -9.91. The number of phosphoric ester groups is 2. The van der Waals surface area contributed by atoms with Gasteiger partial charge in [0, 0.05) is 25.7 Å². The summed E-state index contributed by atoms with van der Waals surface area (Å²) in [4.78, 5) is 72.8. The molecule has 0 saturated carbocycles. The minimum atomic E-state index is -4.96. The fraction of sp³-hybridized carbons (Fsp3) is 0.949. The molecule has 97 heavy (non-hydrogen) atoms. The van der Waals surface area contributed by atoms with Crippen LogP contribution in [0.4, 0.5) is 0 Å². The van der Waals surface area contributed by atoms with Crippen molar-refractivity contribution in [3.8, 4) is 0 Å². The van der Waals surface area contributed by atoms with Crippen molar-refractivity contribution in [2.24, 2.45) is 23.7 Å². The predicted octanol–water partition coefficient (Wildman–Crippen LogP) is 22.8. The Morgan fingerprint density at radius 2 is 0.495 bits per heavy atom. The van der Waals surface area contributed by atoms with Crippen LogP contribution in [0.3, 0.4) is 0 Å². The lowest BCUT2D eigenvalue weighted by Gasteiger charge is -2.21. The molecule has 0 bridgehead atoms. The Balaban J connectivity index is 5.14. The summed E-state index contributed by atoms with van der Waals surface area (Å²) in [6.07, 6.45) is 52.9. The highest BCUT2D eigenvalue weighted by Crippen LogP contribution is 2.45. The third kappa shape index (κ3) is 68.3. The van der Waals surface area contributed by atoms with Gasteiger partial charge in [0.2, 0.25) is 0 Å². The Kier molecular flexibility index (Phi) is 65.9. The highest BCUT2D eigenvalue weighted by molar-refractivity contribution is 7.47. The average Bonchev–Trinajstić information content (AvgIpc) is 1.24. The van der Waals surface area contributed by atoms with Crippen molar-refractivity contribution in [1.82, 2.24) is 0 Å². The van der Waals surface area contributed by atoms with E-state index < -0.39 is 97.5 Å². The summed E-state index contributed by atoms with van der Waals surface area (Å²) in [5.41, 5.74) is 0. The van der Waals surface area contributed by atoms with Gasteiger partial charge in [-0.05, 0) is 49.4 Å². The molecule has 0 radical (unpaired) electrons. The van der Waals surface area contributed by atoms with Crippen LogP contribution in [0, 0.1) is 23.7 Å². The SMILES string of the molecule is CCC(C)CCCCCCCCCCCCCCCCCCCCC(=O)OC[C@H](COP(=O)(O)OC[C@@H](O)COP(=O)(O)OC[C@@H](COC(=O)CCCCCCCCC(C)CC)OC(=O)CCCCCCCCCCCCCCC(C)C)OC(=O)CCCCCCCCC(C)CC. The number of aliphatic hydroxyl groups excluding tert-OH is 1. The van der Waals surface area contributed by atoms with Gasteiger partial charge in [0.05, 0.1) is 26.4 Å². The van der Waals surface area contributed by atoms with E-state index in [0.29, 0.717) is 25.7 Å². The summed E-state index contributed by atoms with van der Waals surface area (Å²) < 4.78 is 68.5. The second-order valence-electron chi connectivity index (χ2n) is 29.3. The number of ether oxygens (including phenoxy) is 4. The average molecular weight is 1420 g/mol. The van der Waals surface area contributed by atoms with E-state index in [2.05, 4.69) is 55.4 Å². The van der Waals surface area contributed by atoms with Gasteiger partial charge >= 0.3 is 39.5 Å². The summed E-state index contributed by atoms with van der Waals surface area (Å²) in [5, 5.41) is 10.6. The second-order valence-corrected chi connectivity index (χ2v) is 32.2. The van der Waals surface area contributed by atoms with Crippen LogP contribution < -0.4 is 0 Å². The van der Waals surface area contributed by atoms with Crippen LogP contribution in [0.15, 0.2) is 0 Å². The van der Waals surface area contributed by atoms with Gasteiger partial charge in [0.1, 0.15) is 19.3 Å². The van der Waals surface area contributed by atoms with Crippen LogP contribution in [-0.4, -0.2) is 96.7 Å². The molecule has 0 aliphatic heterocycles. The second kappa shape index (κ2) is 67.2. The first-order valence-electron chi connectivity index (χ1n) is 40.3. The molecule has 19 heteroatoms. The molecule has 8 atom stereocenters. The van der Waals surface area contributed by atoms with Crippen LogP contribution in [0.2, 0.25) is 0 Å². The van der Waals surface area contributed by atoms with Gasteiger partial charge in [-0.2, -0.15) is 0 Å². The van der Waals surface area contributed by atoms with Crippen LogP contribution in [0.5, 0.6) is 0 Å². The van der Waals surface area contributed by atoms with Crippen molar-refractivity contribution in [3.63, 3.8) is 0 Å². The molecule has 0 fully saturated rings. The van der Waals surface area contributed by atoms with Crippen molar-refractivity contribution in [3.05, 3.63) is 0 Å². The van der Waals surface area contributed by atoms with Gasteiger partial charge in [-0.1, -0.05) is 344 Å². The number of carbonyl (C=O) groups is 4. The lowest BCUT2D eigenvalue weighted by atomic mass is 9.99. The van der Waals surface area contributed by atoms with Gasteiger partial charge in [-0.3, -0.25) is 37.3 Å². The molecule has 0 amide bonds. The molecule has 0 aliphatic carbocycles. The van der Waals surface area contributed by atoms with Crippen molar-refractivity contribution in [2.45, 2.75) is 414 Å². The summed E-state index contributed by atoms with van der Waals surface area (Å²) in [6.45, 7) is 14.2. The number of rotatable bonds is 75. The number of phosphoric acid groups is 2. The quantitative estimate of drug-likeness (QED) is 0.0222. The molecule has 5 unspecified atom stereocenters. The van der Waals surface area contributed by atoms with Crippen LogP contribution in [-0.2, 0) is 65.4 Å². The number of carbonyl (C=O) groups excluding carboxylic acids is 4. The maximum Gasteiger partial charge on any atom is 0.472 e. The minimum Gasteiger partial charge on any atom is -0.462 e. The smallest absolute Gasteiger partial charge is 0.462 e. The third-order valence-electron chi connectivity index (χ3n) is 19.2. The Morgan fingerprint density at radius 1 is 0.289 bits per heavy atom. The zero-order valence-corrected chi connectivity index (χ0v) is 65.5. The number of hydrogen-bond acceptors (Lipinski definition) is 15. The van der Waals surface area contributed by atoms with Crippen LogP contribution >= 0.6 is 15.6 Å². The van der Waals surface area contributed by atoms with E-state index >= 15 is 0 Å². The number of esters is 4. The van der Waals surface area contributed by atoms with Crippen LogP contribution in [0.25, 0.3) is 0 Å². The maximum atomic E-state index is 13.1. The van der Waals surface area contributed by atoms with E-state index in [0.717, 1.165) is 120 Å². The normalized spacial score (nSPS) is 14.9. The summed E-state index contributed by atoms with van der Waals surface area (Å²) in [5.74, 6) is 0.978. The molecule has 0 aliphatic rings. The van der Waals surface area contributed by atoms with Crippen molar-refractivity contribution in [2.75, 3.05) is 39.6 Å². The molecule has 576 valence electrons. The lowest BCUT2D eigenvalue weighted by Crippen LogP contribution is -2.30. The Labute approximate surface area is 594 Å². The van der Waals surface area contributed by atoms with Gasteiger partial charge < -0.3 is 33.8 Å². The van der Waals surface area contributed by atoms with E-state index in [1.165, 1.54) is 193 Å². The maximum absolute atomic E-state index is 13.1. The third-order valence-corrected chi connectivity index (χ3v) is 21.1. The zero-order valence-electron chi connectivity index (χ0n) is 63.7. The van der Waals surface area contributed by atoms with Crippen LogP contribution in [0.1, 0.15) is 396 Å². The molecule has 0 aromatic heterocycles. The Bertz CT molecular complexity index is 1910. The first-order chi connectivity index (χ1) is 46.7. The van der Waals surface area contributed by atoms with Gasteiger partial charge in [0.25, 0.3) is 0 Å². The highest BCUT2D eigenvalue weighted by atomic mass is 31.2.